The van der Waals surface area contributed by atoms with Gasteiger partial charge in [-0.25, -0.2) is 0 Å². The maximum atomic E-state index is 2.41. The Hall–Kier alpha value is -12.0. The number of fused-ring (bicyclic) bond motifs is 6. The zero-order valence-corrected chi connectivity index (χ0v) is 49.4. The van der Waals surface area contributed by atoms with Crippen molar-refractivity contribution in [1.82, 2.24) is 9.13 Å². The van der Waals surface area contributed by atoms with Crippen molar-refractivity contribution >= 4 is 89.9 Å². The number of hydrogen-bond donors (Lipinski definition) is 0. The standard InChI is InChI=1S/C86H60N4/c1-7-19-63(20-8-1)67-37-53-83-79(57-67)80-58-68(64-21-9-2-10-22-64)38-54-84(80)89(83)77-49-45-75(46-50-77)87(71-27-15-5-16-28-71)73-41-33-61(34-42-73)31-32-62-35-43-74(44-36-62)88(72-29-17-6-18-30-72)76-47-51-78(52-48-76)90-85-55-39-69(65-23-11-3-12-24-65)59-81(85)82-60-70(40-56-86(82)90)66-25-13-4-14-26-66/h1-60H. The van der Waals surface area contributed by atoms with Gasteiger partial charge in [0, 0.05) is 67.0 Å². The molecule has 0 aliphatic heterocycles. The van der Waals surface area contributed by atoms with Crippen molar-refractivity contribution in [3.05, 3.63) is 363 Å². The highest BCUT2D eigenvalue weighted by Gasteiger charge is 2.20. The molecule has 0 unspecified atom stereocenters. The molecule has 16 rings (SSSR count). The quantitative estimate of drug-likeness (QED) is 0.101. The Morgan fingerprint density at radius 3 is 0.667 bits per heavy atom. The molecule has 0 radical (unpaired) electrons. The molecule has 0 N–H and O–H groups in total. The number of para-hydroxylation sites is 2. The lowest BCUT2D eigenvalue weighted by Crippen LogP contribution is -2.10. The van der Waals surface area contributed by atoms with Gasteiger partial charge in [-0.2, -0.15) is 0 Å². The summed E-state index contributed by atoms with van der Waals surface area (Å²) in [6, 6.07) is 127. The Labute approximate surface area is 524 Å². The Bertz CT molecular complexity index is 4690. The second-order valence-corrected chi connectivity index (χ2v) is 23.0. The fourth-order valence-electron chi connectivity index (χ4n) is 13.1. The molecule has 0 saturated carbocycles. The van der Waals surface area contributed by atoms with Crippen LogP contribution in [0, 0.1) is 0 Å². The molecule has 0 aliphatic rings. The molecule has 0 amide bonds. The number of hydrogen-bond acceptors (Lipinski definition) is 2. The van der Waals surface area contributed by atoms with Crippen molar-refractivity contribution < 1.29 is 0 Å². The fraction of sp³-hybridized carbons (Fsp3) is 0. The van der Waals surface area contributed by atoms with E-state index in [1.807, 2.05) is 0 Å². The molecule has 0 bridgehead atoms. The van der Waals surface area contributed by atoms with Gasteiger partial charge in [-0.1, -0.05) is 218 Å². The molecule has 90 heavy (non-hydrogen) atoms. The van der Waals surface area contributed by atoms with Crippen molar-refractivity contribution in [2.45, 2.75) is 0 Å². The first kappa shape index (κ1) is 53.5. The zero-order chi connectivity index (χ0) is 59.7. The first-order chi connectivity index (χ1) is 44.6. The van der Waals surface area contributed by atoms with E-state index in [2.05, 4.69) is 383 Å². The molecule has 4 nitrogen and oxygen atoms in total. The summed E-state index contributed by atoms with van der Waals surface area (Å²) in [5, 5.41) is 4.91. The van der Waals surface area contributed by atoms with E-state index in [9.17, 15) is 0 Å². The van der Waals surface area contributed by atoms with Gasteiger partial charge in [0.2, 0.25) is 0 Å². The van der Waals surface area contributed by atoms with Crippen molar-refractivity contribution in [2.24, 2.45) is 0 Å². The lowest BCUT2D eigenvalue weighted by atomic mass is 10.0. The molecule has 0 fully saturated rings. The third kappa shape index (κ3) is 10.2. The second kappa shape index (κ2) is 23.4. The van der Waals surface area contributed by atoms with Crippen LogP contribution in [0.15, 0.2) is 352 Å². The third-order valence-corrected chi connectivity index (χ3v) is 17.5. The minimum atomic E-state index is 1.08. The molecule has 0 spiro atoms. The average molecular weight is 1150 g/mol. The van der Waals surface area contributed by atoms with Gasteiger partial charge in [-0.3, -0.25) is 0 Å². The van der Waals surface area contributed by atoms with Crippen LogP contribution < -0.4 is 9.80 Å². The molecule has 0 atom stereocenters. The minimum absolute atomic E-state index is 1.08. The predicted octanol–water partition coefficient (Wildman–Crippen LogP) is 23.7. The molecule has 14 aromatic carbocycles. The largest absolute Gasteiger partial charge is 0.311 e. The zero-order valence-electron chi connectivity index (χ0n) is 49.4. The number of rotatable bonds is 14. The normalized spacial score (nSPS) is 11.5. The SMILES string of the molecule is C(=Cc1ccc(N(c2ccccc2)c2ccc(-n3c4ccc(-c5ccccc5)cc4c4cc(-c5ccccc5)ccc43)cc2)cc1)c1ccc(N(c2ccccc2)c2ccc(-n3c4ccc(-c5ccccc5)cc4c4cc(-c5ccccc5)ccc43)cc2)cc1. The Morgan fingerprint density at radius 1 is 0.189 bits per heavy atom. The average Bonchev–Trinajstić information content (AvgIpc) is 1.76. The Balaban J connectivity index is 0.674. The summed E-state index contributed by atoms with van der Waals surface area (Å²) in [6.07, 6.45) is 4.40. The second-order valence-electron chi connectivity index (χ2n) is 23.0. The van der Waals surface area contributed by atoms with Crippen molar-refractivity contribution in [3.63, 3.8) is 0 Å². The van der Waals surface area contributed by atoms with Gasteiger partial charge >= 0.3 is 0 Å². The molecular weight excluding hydrogens is 1090 g/mol. The lowest BCUT2D eigenvalue weighted by molar-refractivity contribution is 1.17. The molecule has 2 heterocycles. The Kier molecular flexibility index (Phi) is 13.9. The summed E-state index contributed by atoms with van der Waals surface area (Å²) in [7, 11) is 0. The topological polar surface area (TPSA) is 16.3 Å². The predicted molar refractivity (Wildman–Crippen MR) is 382 cm³/mol. The van der Waals surface area contributed by atoms with E-state index in [-0.39, 0.29) is 0 Å². The van der Waals surface area contributed by atoms with Gasteiger partial charge in [0.15, 0.2) is 0 Å². The summed E-state index contributed by atoms with van der Waals surface area (Å²) in [6.45, 7) is 0. The van der Waals surface area contributed by atoms with Crippen LogP contribution in [0.25, 0.3) is 112 Å². The van der Waals surface area contributed by atoms with E-state index >= 15 is 0 Å². The summed E-state index contributed by atoms with van der Waals surface area (Å²) in [5.74, 6) is 0. The number of aromatic nitrogens is 2. The summed E-state index contributed by atoms with van der Waals surface area (Å²) >= 11 is 0. The summed E-state index contributed by atoms with van der Waals surface area (Å²) in [5.41, 5.74) is 25.3. The summed E-state index contributed by atoms with van der Waals surface area (Å²) < 4.78 is 4.82. The van der Waals surface area contributed by atoms with Crippen LogP contribution in [0.3, 0.4) is 0 Å². The Morgan fingerprint density at radius 2 is 0.411 bits per heavy atom. The maximum Gasteiger partial charge on any atom is 0.0541 e. The van der Waals surface area contributed by atoms with Crippen LogP contribution in [0.5, 0.6) is 0 Å². The van der Waals surface area contributed by atoms with E-state index in [0.29, 0.717) is 0 Å². The van der Waals surface area contributed by atoms with Gasteiger partial charge in [-0.15, -0.1) is 0 Å². The monoisotopic (exact) mass is 1150 g/mol. The number of anilines is 6. The molecule has 0 saturated heterocycles. The highest BCUT2D eigenvalue weighted by atomic mass is 15.1. The van der Waals surface area contributed by atoms with E-state index < -0.39 is 0 Å². The number of nitrogens with zero attached hydrogens (tertiary/aromatic N) is 4. The van der Waals surface area contributed by atoms with Gasteiger partial charge in [0.25, 0.3) is 0 Å². The molecule has 2 aromatic heterocycles. The van der Waals surface area contributed by atoms with Crippen LogP contribution in [-0.2, 0) is 0 Å². The molecule has 4 heteroatoms. The minimum Gasteiger partial charge on any atom is -0.311 e. The lowest BCUT2D eigenvalue weighted by Gasteiger charge is -2.26. The fourth-order valence-corrected chi connectivity index (χ4v) is 13.1. The van der Waals surface area contributed by atoms with Gasteiger partial charge in [0.1, 0.15) is 0 Å². The van der Waals surface area contributed by atoms with Crippen LogP contribution >= 0.6 is 0 Å². The van der Waals surface area contributed by atoms with E-state index in [4.69, 9.17) is 0 Å². The molecule has 16 aromatic rings. The third-order valence-electron chi connectivity index (χ3n) is 17.5. The van der Waals surface area contributed by atoms with Crippen LogP contribution in [-0.4, -0.2) is 9.13 Å². The maximum absolute atomic E-state index is 2.41. The smallest absolute Gasteiger partial charge is 0.0541 e. The van der Waals surface area contributed by atoms with Gasteiger partial charge < -0.3 is 18.9 Å². The highest BCUT2D eigenvalue weighted by Crippen LogP contribution is 2.42. The first-order valence-electron chi connectivity index (χ1n) is 30.8. The highest BCUT2D eigenvalue weighted by molar-refractivity contribution is 6.13. The van der Waals surface area contributed by atoms with Gasteiger partial charge in [-0.05, 0) is 201 Å². The van der Waals surface area contributed by atoms with E-state index in [0.717, 1.165) is 56.6 Å². The van der Waals surface area contributed by atoms with Crippen molar-refractivity contribution in [1.29, 1.82) is 0 Å². The van der Waals surface area contributed by atoms with Crippen molar-refractivity contribution in [3.8, 4) is 55.9 Å². The van der Waals surface area contributed by atoms with E-state index in [1.165, 1.54) is 88.1 Å². The van der Waals surface area contributed by atoms with Crippen LogP contribution in [0.2, 0.25) is 0 Å². The van der Waals surface area contributed by atoms with Gasteiger partial charge in [0.05, 0.1) is 22.1 Å². The molecule has 0 aliphatic carbocycles. The van der Waals surface area contributed by atoms with E-state index in [1.54, 1.807) is 0 Å². The molecule has 424 valence electrons. The first-order valence-corrected chi connectivity index (χ1v) is 30.8. The van der Waals surface area contributed by atoms with Crippen LogP contribution in [0.4, 0.5) is 34.1 Å². The molecular formula is C86H60N4. The van der Waals surface area contributed by atoms with Crippen molar-refractivity contribution in [2.75, 3.05) is 9.80 Å². The summed E-state index contributed by atoms with van der Waals surface area (Å²) in [4.78, 5) is 4.67. The van der Waals surface area contributed by atoms with Crippen LogP contribution in [0.1, 0.15) is 11.1 Å². The number of benzene rings is 14.